The van der Waals surface area contributed by atoms with E-state index in [0.29, 0.717) is 18.5 Å². The Hall–Kier alpha value is -2.15. The van der Waals surface area contributed by atoms with Crippen LogP contribution >= 0.6 is 0 Å². The number of nitrogens with zero attached hydrogens (tertiary/aromatic N) is 1. The van der Waals surface area contributed by atoms with Crippen LogP contribution in [-0.4, -0.2) is 41.2 Å². The lowest BCUT2D eigenvalue weighted by atomic mass is 9.87. The zero-order valence-electron chi connectivity index (χ0n) is 10.8. The molecule has 3 rings (SSSR count). The van der Waals surface area contributed by atoms with Gasteiger partial charge in [0.15, 0.2) is 0 Å². The summed E-state index contributed by atoms with van der Waals surface area (Å²) in [6.07, 6.45) is 0.607. The number of rotatable bonds is 2. The van der Waals surface area contributed by atoms with Crippen molar-refractivity contribution in [3.8, 4) is 0 Å². The Morgan fingerprint density at radius 2 is 2.10 bits per heavy atom. The van der Waals surface area contributed by atoms with Crippen LogP contribution in [0.1, 0.15) is 28.8 Å². The predicted molar refractivity (Wildman–Crippen MR) is 71.5 cm³/mol. The van der Waals surface area contributed by atoms with E-state index in [2.05, 4.69) is 5.32 Å². The van der Waals surface area contributed by atoms with Gasteiger partial charge in [-0.3, -0.25) is 19.7 Å². The fraction of sp³-hybridized carbons (Fsp3) is 0.308. The van der Waals surface area contributed by atoms with Gasteiger partial charge in [-0.15, -0.1) is 0 Å². The number of carbonyl (C=O) groups is 3. The zero-order chi connectivity index (χ0) is 14.3. The number of hydrogen-bond donors (Lipinski definition) is 2. The van der Waals surface area contributed by atoms with Crippen LogP contribution in [0.15, 0.2) is 18.2 Å². The van der Waals surface area contributed by atoms with Gasteiger partial charge < -0.3 is 9.92 Å². The molecule has 0 aromatic heterocycles. The largest absolute Gasteiger partial charge is 0.449 e. The maximum atomic E-state index is 12.3. The Morgan fingerprint density at radius 3 is 2.80 bits per heavy atom. The first-order valence-electron chi connectivity index (χ1n) is 6.47. The van der Waals surface area contributed by atoms with E-state index in [1.54, 1.807) is 18.2 Å². The number of hydrogen-bond acceptors (Lipinski definition) is 4. The molecule has 1 aromatic rings. The molecule has 2 heterocycles. The highest BCUT2D eigenvalue weighted by molar-refractivity contribution is 6.45. The summed E-state index contributed by atoms with van der Waals surface area (Å²) < 4.78 is 0. The third-order valence-electron chi connectivity index (χ3n) is 3.77. The van der Waals surface area contributed by atoms with Gasteiger partial charge in [0.2, 0.25) is 11.8 Å². The number of carbonyl (C=O) groups excluding carboxylic acids is 3. The Bertz CT molecular complexity index is 616. The molecule has 0 aliphatic carbocycles. The molecule has 7 heteroatoms. The minimum Gasteiger partial charge on any atom is -0.449 e. The van der Waals surface area contributed by atoms with Gasteiger partial charge >= 0.3 is 7.48 Å². The number of fused-ring (bicyclic) bond motifs is 1. The quantitative estimate of drug-likeness (QED) is 0.502. The first-order chi connectivity index (χ1) is 9.60. The summed E-state index contributed by atoms with van der Waals surface area (Å²) in [5.41, 5.74) is 2.11. The van der Waals surface area contributed by atoms with Crippen molar-refractivity contribution < 1.29 is 19.4 Å². The number of benzene rings is 1. The lowest BCUT2D eigenvalue weighted by Crippen LogP contribution is -2.52. The van der Waals surface area contributed by atoms with Crippen molar-refractivity contribution in [1.29, 1.82) is 0 Å². The van der Waals surface area contributed by atoms with Crippen LogP contribution in [0.2, 0.25) is 0 Å². The van der Waals surface area contributed by atoms with Crippen molar-refractivity contribution in [3.05, 3.63) is 29.3 Å². The Labute approximate surface area is 116 Å². The van der Waals surface area contributed by atoms with Gasteiger partial charge in [0.1, 0.15) is 6.04 Å². The van der Waals surface area contributed by atoms with Gasteiger partial charge in [0.05, 0.1) is 0 Å². The molecule has 20 heavy (non-hydrogen) atoms. The van der Waals surface area contributed by atoms with E-state index in [0.717, 1.165) is 11.0 Å². The second-order valence-electron chi connectivity index (χ2n) is 5.05. The SMILES string of the molecule is O=C1CCC(N2Cc3cc(BO)ccc3C2=O)C(=O)N1. The third-order valence-corrected chi connectivity index (χ3v) is 3.77. The van der Waals surface area contributed by atoms with E-state index in [9.17, 15) is 14.4 Å². The van der Waals surface area contributed by atoms with Crippen LogP contribution in [0.3, 0.4) is 0 Å². The van der Waals surface area contributed by atoms with E-state index >= 15 is 0 Å². The van der Waals surface area contributed by atoms with Crippen LogP contribution in [0, 0.1) is 0 Å². The maximum Gasteiger partial charge on any atom is 0.304 e. The monoisotopic (exact) mass is 272 g/mol. The first kappa shape index (κ1) is 12.9. The predicted octanol–water partition coefficient (Wildman–Crippen LogP) is -1.58. The Kier molecular flexibility index (Phi) is 3.06. The van der Waals surface area contributed by atoms with Gasteiger partial charge in [0.25, 0.3) is 5.91 Å². The van der Waals surface area contributed by atoms with E-state index in [-0.39, 0.29) is 25.7 Å². The zero-order valence-corrected chi connectivity index (χ0v) is 10.8. The highest BCUT2D eigenvalue weighted by Crippen LogP contribution is 2.26. The fourth-order valence-electron chi connectivity index (χ4n) is 2.73. The highest BCUT2D eigenvalue weighted by Gasteiger charge is 2.38. The molecule has 0 bridgehead atoms. The number of amides is 3. The van der Waals surface area contributed by atoms with Crippen molar-refractivity contribution in [1.82, 2.24) is 10.2 Å². The standard InChI is InChI=1S/C13H13BN2O4/c17-11-4-3-10(12(18)15-11)16-6-7-5-8(14-20)1-2-9(7)13(16)19/h1-2,5,10,14,20H,3-4,6H2,(H,15,17,18). The van der Waals surface area contributed by atoms with Crippen LogP contribution in [0.4, 0.5) is 0 Å². The molecule has 2 N–H and O–H groups in total. The molecule has 1 unspecified atom stereocenters. The Balaban J connectivity index is 1.86. The summed E-state index contributed by atoms with van der Waals surface area (Å²) in [5.74, 6) is -0.901. The van der Waals surface area contributed by atoms with Gasteiger partial charge in [-0.1, -0.05) is 17.6 Å². The molecule has 1 atom stereocenters. The second-order valence-corrected chi connectivity index (χ2v) is 5.05. The maximum absolute atomic E-state index is 12.3. The van der Waals surface area contributed by atoms with E-state index in [1.807, 2.05) is 0 Å². The highest BCUT2D eigenvalue weighted by atomic mass is 16.2. The summed E-state index contributed by atoms with van der Waals surface area (Å²) >= 11 is 0. The van der Waals surface area contributed by atoms with E-state index in [1.165, 1.54) is 4.90 Å². The van der Waals surface area contributed by atoms with Gasteiger partial charge in [0, 0.05) is 18.5 Å². The third kappa shape index (κ3) is 2.00. The van der Waals surface area contributed by atoms with Crippen LogP contribution in [0.5, 0.6) is 0 Å². The molecule has 0 saturated carbocycles. The fourth-order valence-corrected chi connectivity index (χ4v) is 2.73. The summed E-state index contributed by atoms with van der Waals surface area (Å²) in [6, 6.07) is 4.56. The average molecular weight is 272 g/mol. The Morgan fingerprint density at radius 1 is 1.30 bits per heavy atom. The minimum atomic E-state index is -0.592. The summed E-state index contributed by atoms with van der Waals surface area (Å²) in [5, 5.41) is 11.4. The summed E-state index contributed by atoms with van der Waals surface area (Å²) in [4.78, 5) is 36.8. The molecule has 1 fully saturated rings. The number of piperidine rings is 1. The molecule has 2 aliphatic rings. The van der Waals surface area contributed by atoms with Gasteiger partial charge in [-0.05, 0) is 18.1 Å². The molecule has 6 nitrogen and oxygen atoms in total. The summed E-state index contributed by atoms with van der Waals surface area (Å²) in [6.45, 7) is 0.342. The normalized spacial score (nSPS) is 21.8. The number of imide groups is 1. The average Bonchev–Trinajstić information content (AvgIpc) is 2.75. The molecule has 2 aliphatic heterocycles. The molecule has 102 valence electrons. The topological polar surface area (TPSA) is 86.7 Å². The first-order valence-corrected chi connectivity index (χ1v) is 6.47. The molecule has 0 radical (unpaired) electrons. The van der Waals surface area contributed by atoms with Crippen LogP contribution in [-0.2, 0) is 16.1 Å². The molecule has 1 aromatic carbocycles. The van der Waals surface area contributed by atoms with Gasteiger partial charge in [-0.2, -0.15) is 0 Å². The van der Waals surface area contributed by atoms with Crippen molar-refractivity contribution in [2.75, 3.05) is 0 Å². The van der Waals surface area contributed by atoms with Crippen molar-refractivity contribution in [2.24, 2.45) is 0 Å². The molecular weight excluding hydrogens is 259 g/mol. The molecule has 3 amide bonds. The van der Waals surface area contributed by atoms with E-state index in [4.69, 9.17) is 5.02 Å². The lowest BCUT2D eigenvalue weighted by Gasteiger charge is -2.29. The van der Waals surface area contributed by atoms with Crippen molar-refractivity contribution in [2.45, 2.75) is 25.4 Å². The molecule has 1 saturated heterocycles. The van der Waals surface area contributed by atoms with Gasteiger partial charge in [-0.25, -0.2) is 0 Å². The minimum absolute atomic E-state index is 0.0834. The summed E-state index contributed by atoms with van der Waals surface area (Å²) in [7, 11) is -0.0834. The number of nitrogens with one attached hydrogen (secondary N) is 1. The second kappa shape index (κ2) is 4.75. The van der Waals surface area contributed by atoms with Crippen LogP contribution < -0.4 is 10.8 Å². The smallest absolute Gasteiger partial charge is 0.304 e. The lowest BCUT2D eigenvalue weighted by molar-refractivity contribution is -0.136. The van der Waals surface area contributed by atoms with Crippen molar-refractivity contribution >= 4 is 30.7 Å². The molecule has 0 spiro atoms. The van der Waals surface area contributed by atoms with Crippen molar-refractivity contribution in [3.63, 3.8) is 0 Å². The molecular formula is C13H13BN2O4. The van der Waals surface area contributed by atoms with Crippen LogP contribution in [0.25, 0.3) is 0 Å². The van der Waals surface area contributed by atoms with E-state index < -0.39 is 11.9 Å².